The van der Waals surface area contributed by atoms with Crippen LogP contribution in [0.5, 0.6) is 11.5 Å². The molecular formula is C17H24ClNO2. The van der Waals surface area contributed by atoms with Crippen LogP contribution in [0.15, 0.2) is 17.7 Å². The van der Waals surface area contributed by atoms with Gasteiger partial charge in [-0.15, -0.1) is 0 Å². The average Bonchev–Trinajstić information content (AvgIpc) is 3.30. The zero-order chi connectivity index (χ0) is 15.2. The van der Waals surface area contributed by atoms with E-state index in [1.165, 1.54) is 18.4 Å². The van der Waals surface area contributed by atoms with Crippen molar-refractivity contribution in [1.29, 1.82) is 0 Å². The summed E-state index contributed by atoms with van der Waals surface area (Å²) >= 11 is 6.31. The lowest BCUT2D eigenvalue weighted by Crippen LogP contribution is -2.18. The van der Waals surface area contributed by atoms with Crippen molar-refractivity contribution in [2.24, 2.45) is 0 Å². The summed E-state index contributed by atoms with van der Waals surface area (Å²) in [7, 11) is 1.64. The molecule has 4 heteroatoms. The van der Waals surface area contributed by atoms with Gasteiger partial charge in [-0.25, -0.2) is 0 Å². The quantitative estimate of drug-likeness (QED) is 0.777. The molecule has 0 bridgehead atoms. The van der Waals surface area contributed by atoms with E-state index in [-0.39, 0.29) is 0 Å². The molecule has 0 unspecified atom stereocenters. The molecule has 1 aliphatic rings. The summed E-state index contributed by atoms with van der Waals surface area (Å²) < 4.78 is 10.9. The predicted molar refractivity (Wildman–Crippen MR) is 88.5 cm³/mol. The number of benzene rings is 1. The van der Waals surface area contributed by atoms with Gasteiger partial charge in [0.15, 0.2) is 11.5 Å². The largest absolute Gasteiger partial charge is 0.493 e. The molecule has 2 rings (SSSR count). The number of hydrogen-bond acceptors (Lipinski definition) is 3. The second kappa shape index (κ2) is 7.71. The van der Waals surface area contributed by atoms with Crippen LogP contribution in [0.2, 0.25) is 5.02 Å². The molecule has 0 atom stereocenters. The van der Waals surface area contributed by atoms with Crippen molar-refractivity contribution in [3.05, 3.63) is 28.3 Å². The van der Waals surface area contributed by atoms with Crippen LogP contribution in [0.25, 0.3) is 6.08 Å². The maximum atomic E-state index is 6.31. The number of hydrogen-bond donors (Lipinski definition) is 1. The minimum Gasteiger partial charge on any atom is -0.493 e. The van der Waals surface area contributed by atoms with Gasteiger partial charge >= 0.3 is 0 Å². The highest BCUT2D eigenvalue weighted by Gasteiger charge is 2.20. The van der Waals surface area contributed by atoms with Gasteiger partial charge in [-0.05, 0) is 43.9 Å². The fraction of sp³-hybridized carbons (Fsp3) is 0.529. The molecule has 0 spiro atoms. The lowest BCUT2D eigenvalue weighted by molar-refractivity contribution is 0.311. The van der Waals surface area contributed by atoms with Gasteiger partial charge < -0.3 is 14.8 Å². The number of halogens is 1. The Balaban J connectivity index is 2.18. The SMILES string of the molecule is CCOc1c(Cl)cc(C=C(CC)CNC2CC2)cc1OC. The van der Waals surface area contributed by atoms with E-state index in [0.29, 0.717) is 23.1 Å². The minimum atomic E-state index is 0.566. The van der Waals surface area contributed by atoms with Crippen molar-refractivity contribution in [3.8, 4) is 11.5 Å². The van der Waals surface area contributed by atoms with Crippen LogP contribution in [-0.2, 0) is 0 Å². The predicted octanol–water partition coefficient (Wildman–Crippen LogP) is 4.29. The Labute approximate surface area is 132 Å². The molecule has 1 aliphatic carbocycles. The molecule has 1 N–H and O–H groups in total. The third kappa shape index (κ3) is 4.65. The Hall–Kier alpha value is -1.19. The second-order valence-corrected chi connectivity index (χ2v) is 5.69. The Morgan fingerprint density at radius 3 is 2.71 bits per heavy atom. The summed E-state index contributed by atoms with van der Waals surface area (Å²) in [6.07, 6.45) is 5.81. The van der Waals surface area contributed by atoms with Gasteiger partial charge in [0.05, 0.1) is 18.7 Å². The maximum Gasteiger partial charge on any atom is 0.179 e. The standard InChI is InChI=1S/C17H24ClNO2/c1-4-12(11-19-14-6-7-14)8-13-9-15(18)17(21-5-2)16(10-13)20-3/h8-10,14,19H,4-7,11H2,1-3H3. The highest BCUT2D eigenvalue weighted by Crippen LogP contribution is 2.37. The zero-order valence-electron chi connectivity index (χ0n) is 13.0. The molecule has 1 saturated carbocycles. The van der Waals surface area contributed by atoms with Gasteiger partial charge in [0.25, 0.3) is 0 Å². The Morgan fingerprint density at radius 2 is 2.14 bits per heavy atom. The van der Waals surface area contributed by atoms with E-state index in [1.54, 1.807) is 7.11 Å². The Bertz CT molecular complexity index is 510. The highest BCUT2D eigenvalue weighted by molar-refractivity contribution is 6.32. The molecule has 1 fully saturated rings. The fourth-order valence-corrected chi connectivity index (χ4v) is 2.46. The molecule has 0 aromatic heterocycles. The van der Waals surface area contributed by atoms with Crippen molar-refractivity contribution in [2.75, 3.05) is 20.3 Å². The zero-order valence-corrected chi connectivity index (χ0v) is 13.8. The van der Waals surface area contributed by atoms with Gasteiger partial charge in [-0.2, -0.15) is 0 Å². The van der Waals surface area contributed by atoms with Crippen molar-refractivity contribution < 1.29 is 9.47 Å². The summed E-state index contributed by atoms with van der Waals surface area (Å²) in [5.41, 5.74) is 2.42. The number of rotatable bonds is 8. The van der Waals surface area contributed by atoms with Crippen LogP contribution in [0.3, 0.4) is 0 Å². The maximum absolute atomic E-state index is 6.31. The van der Waals surface area contributed by atoms with Crippen molar-refractivity contribution >= 4 is 17.7 Å². The van der Waals surface area contributed by atoms with Crippen molar-refractivity contribution in [1.82, 2.24) is 5.32 Å². The van der Waals surface area contributed by atoms with Crippen LogP contribution in [0.4, 0.5) is 0 Å². The molecular weight excluding hydrogens is 286 g/mol. The fourth-order valence-electron chi connectivity index (χ4n) is 2.18. The number of nitrogens with one attached hydrogen (secondary N) is 1. The molecule has 0 aliphatic heterocycles. The molecule has 3 nitrogen and oxygen atoms in total. The van der Waals surface area contributed by atoms with Crippen LogP contribution in [0, 0.1) is 0 Å². The van der Waals surface area contributed by atoms with Crippen LogP contribution >= 0.6 is 11.6 Å². The van der Waals surface area contributed by atoms with E-state index < -0.39 is 0 Å². The van der Waals surface area contributed by atoms with E-state index >= 15 is 0 Å². The van der Waals surface area contributed by atoms with E-state index in [1.807, 2.05) is 19.1 Å². The lowest BCUT2D eigenvalue weighted by atomic mass is 10.1. The normalized spacial score (nSPS) is 15.1. The van der Waals surface area contributed by atoms with Gasteiger partial charge in [0.1, 0.15) is 0 Å². The number of methoxy groups -OCH3 is 1. The van der Waals surface area contributed by atoms with E-state index in [0.717, 1.165) is 24.6 Å². The van der Waals surface area contributed by atoms with Crippen LogP contribution in [0.1, 0.15) is 38.7 Å². The van der Waals surface area contributed by atoms with Crippen LogP contribution < -0.4 is 14.8 Å². The average molecular weight is 310 g/mol. The monoisotopic (exact) mass is 309 g/mol. The molecule has 1 aromatic rings. The summed E-state index contributed by atoms with van der Waals surface area (Å²) in [5, 5.41) is 4.14. The topological polar surface area (TPSA) is 30.5 Å². The summed E-state index contributed by atoms with van der Waals surface area (Å²) in [5.74, 6) is 1.30. The smallest absolute Gasteiger partial charge is 0.179 e. The van der Waals surface area contributed by atoms with Gasteiger partial charge in [0, 0.05) is 12.6 Å². The molecule has 116 valence electrons. The Kier molecular flexibility index (Phi) is 5.95. The first-order chi connectivity index (χ1) is 10.2. The van der Waals surface area contributed by atoms with E-state index in [9.17, 15) is 0 Å². The first-order valence-corrected chi connectivity index (χ1v) is 7.98. The molecule has 1 aromatic carbocycles. The number of ether oxygens (including phenoxy) is 2. The molecule has 21 heavy (non-hydrogen) atoms. The van der Waals surface area contributed by atoms with Gasteiger partial charge in [-0.1, -0.05) is 30.2 Å². The van der Waals surface area contributed by atoms with Crippen LogP contribution in [-0.4, -0.2) is 26.3 Å². The minimum absolute atomic E-state index is 0.566. The third-order valence-electron chi connectivity index (χ3n) is 3.56. The summed E-state index contributed by atoms with van der Waals surface area (Å²) in [6, 6.07) is 4.63. The van der Waals surface area contributed by atoms with Crippen molar-refractivity contribution in [2.45, 2.75) is 39.2 Å². The van der Waals surface area contributed by atoms with Crippen molar-refractivity contribution in [3.63, 3.8) is 0 Å². The summed E-state index contributed by atoms with van der Waals surface area (Å²) in [6.45, 7) is 5.61. The molecule has 0 heterocycles. The van der Waals surface area contributed by atoms with Gasteiger partial charge in [-0.3, -0.25) is 0 Å². The molecule has 0 saturated heterocycles. The van der Waals surface area contributed by atoms with E-state index in [4.69, 9.17) is 21.1 Å². The third-order valence-corrected chi connectivity index (χ3v) is 3.84. The Morgan fingerprint density at radius 1 is 1.38 bits per heavy atom. The lowest BCUT2D eigenvalue weighted by Gasteiger charge is -2.13. The molecule has 0 amide bonds. The molecule has 0 radical (unpaired) electrons. The first kappa shape index (κ1) is 16.2. The highest BCUT2D eigenvalue weighted by atomic mass is 35.5. The summed E-state index contributed by atoms with van der Waals surface area (Å²) in [4.78, 5) is 0. The first-order valence-electron chi connectivity index (χ1n) is 7.61. The van der Waals surface area contributed by atoms with Gasteiger partial charge in [0.2, 0.25) is 0 Å². The second-order valence-electron chi connectivity index (χ2n) is 5.28. The van der Waals surface area contributed by atoms with E-state index in [2.05, 4.69) is 18.3 Å².